The van der Waals surface area contributed by atoms with Crippen molar-refractivity contribution in [2.45, 2.75) is 13.0 Å². The van der Waals surface area contributed by atoms with Gasteiger partial charge in [0.25, 0.3) is 0 Å². The Kier molecular flexibility index (Phi) is 5.27. The zero-order valence-corrected chi connectivity index (χ0v) is 10.2. The molecule has 0 amide bonds. The second-order valence-corrected chi connectivity index (χ2v) is 3.80. The van der Waals surface area contributed by atoms with E-state index in [4.69, 9.17) is 17.3 Å². The molecule has 0 aliphatic carbocycles. The SMILES string of the molecule is C[C@@H](N)c1ccc(N(C)C)cc1Cl.Cl. The fourth-order valence-electron chi connectivity index (χ4n) is 1.16. The molecule has 1 rings (SSSR count). The van der Waals surface area contributed by atoms with Gasteiger partial charge >= 0.3 is 0 Å². The second kappa shape index (κ2) is 5.44. The summed E-state index contributed by atoms with van der Waals surface area (Å²) in [5, 5.41) is 0.737. The Labute approximate surface area is 96.4 Å². The molecule has 80 valence electrons. The van der Waals surface area contributed by atoms with Crippen LogP contribution in [-0.2, 0) is 0 Å². The molecule has 1 aromatic rings. The summed E-state index contributed by atoms with van der Waals surface area (Å²) in [7, 11) is 3.97. The molecule has 0 unspecified atom stereocenters. The van der Waals surface area contributed by atoms with Gasteiger partial charge in [0.15, 0.2) is 0 Å². The largest absolute Gasteiger partial charge is 0.378 e. The molecule has 0 bridgehead atoms. The minimum absolute atomic E-state index is 0. The van der Waals surface area contributed by atoms with Crippen molar-refractivity contribution in [3.8, 4) is 0 Å². The van der Waals surface area contributed by atoms with Crippen LogP contribution in [0.1, 0.15) is 18.5 Å². The number of hydrogen-bond acceptors (Lipinski definition) is 2. The number of rotatable bonds is 2. The molecule has 0 saturated carbocycles. The van der Waals surface area contributed by atoms with E-state index in [0.29, 0.717) is 0 Å². The normalized spacial score (nSPS) is 11.8. The molecule has 0 heterocycles. The van der Waals surface area contributed by atoms with E-state index in [2.05, 4.69) is 0 Å². The highest BCUT2D eigenvalue weighted by Crippen LogP contribution is 2.25. The molecule has 0 spiro atoms. The maximum atomic E-state index is 6.06. The van der Waals surface area contributed by atoms with Gasteiger partial charge in [-0.1, -0.05) is 17.7 Å². The first-order valence-corrected chi connectivity index (χ1v) is 4.62. The van der Waals surface area contributed by atoms with E-state index in [0.717, 1.165) is 16.3 Å². The fraction of sp³-hybridized carbons (Fsp3) is 0.400. The van der Waals surface area contributed by atoms with Gasteiger partial charge in [-0.15, -0.1) is 12.4 Å². The van der Waals surface area contributed by atoms with Gasteiger partial charge in [0, 0.05) is 30.8 Å². The van der Waals surface area contributed by atoms with Gasteiger partial charge in [-0.05, 0) is 24.6 Å². The van der Waals surface area contributed by atoms with Crippen LogP contribution in [-0.4, -0.2) is 14.1 Å². The Morgan fingerprint density at radius 1 is 1.36 bits per heavy atom. The summed E-state index contributed by atoms with van der Waals surface area (Å²) in [6, 6.07) is 5.91. The van der Waals surface area contributed by atoms with Gasteiger partial charge in [0.1, 0.15) is 0 Å². The van der Waals surface area contributed by atoms with Crippen molar-refractivity contribution in [1.82, 2.24) is 0 Å². The summed E-state index contributed by atoms with van der Waals surface area (Å²) in [6.07, 6.45) is 0. The number of nitrogens with zero attached hydrogens (tertiary/aromatic N) is 1. The van der Waals surface area contributed by atoms with Crippen molar-refractivity contribution < 1.29 is 0 Å². The van der Waals surface area contributed by atoms with Crippen molar-refractivity contribution in [3.05, 3.63) is 28.8 Å². The lowest BCUT2D eigenvalue weighted by Gasteiger charge is -2.15. The average Bonchev–Trinajstić information content (AvgIpc) is 2.03. The lowest BCUT2D eigenvalue weighted by atomic mass is 10.1. The smallest absolute Gasteiger partial charge is 0.0474 e. The van der Waals surface area contributed by atoms with Crippen molar-refractivity contribution in [1.29, 1.82) is 0 Å². The van der Waals surface area contributed by atoms with E-state index in [1.165, 1.54) is 0 Å². The molecule has 0 aromatic heterocycles. The topological polar surface area (TPSA) is 29.3 Å². The predicted octanol–water partition coefficient (Wildman–Crippen LogP) is 2.85. The van der Waals surface area contributed by atoms with Crippen LogP contribution in [0, 0.1) is 0 Å². The summed E-state index contributed by atoms with van der Waals surface area (Å²) >= 11 is 6.06. The molecule has 2 N–H and O–H groups in total. The monoisotopic (exact) mass is 234 g/mol. The van der Waals surface area contributed by atoms with Crippen molar-refractivity contribution in [3.63, 3.8) is 0 Å². The van der Waals surface area contributed by atoms with E-state index in [1.54, 1.807) is 0 Å². The van der Waals surface area contributed by atoms with E-state index in [9.17, 15) is 0 Å². The van der Waals surface area contributed by atoms with Crippen LogP contribution in [0.25, 0.3) is 0 Å². The van der Waals surface area contributed by atoms with Crippen molar-refractivity contribution in [2.75, 3.05) is 19.0 Å². The first kappa shape index (κ1) is 13.6. The molecule has 0 fully saturated rings. The van der Waals surface area contributed by atoms with Crippen LogP contribution < -0.4 is 10.6 Å². The third kappa shape index (κ3) is 3.05. The van der Waals surface area contributed by atoms with Crippen LogP contribution >= 0.6 is 24.0 Å². The van der Waals surface area contributed by atoms with Crippen LogP contribution in [0.4, 0.5) is 5.69 Å². The zero-order chi connectivity index (χ0) is 10.0. The molecule has 1 aromatic carbocycles. The second-order valence-electron chi connectivity index (χ2n) is 3.39. The Morgan fingerprint density at radius 3 is 2.29 bits per heavy atom. The summed E-state index contributed by atoms with van der Waals surface area (Å²) in [5.41, 5.74) is 7.83. The van der Waals surface area contributed by atoms with E-state index in [1.807, 2.05) is 44.1 Å². The van der Waals surface area contributed by atoms with Crippen LogP contribution in [0.2, 0.25) is 5.02 Å². The van der Waals surface area contributed by atoms with E-state index in [-0.39, 0.29) is 18.4 Å². The number of hydrogen-bond donors (Lipinski definition) is 1. The van der Waals surface area contributed by atoms with Gasteiger partial charge in [-0.25, -0.2) is 0 Å². The van der Waals surface area contributed by atoms with Gasteiger partial charge in [-0.3, -0.25) is 0 Å². The minimum Gasteiger partial charge on any atom is -0.378 e. The van der Waals surface area contributed by atoms with Crippen molar-refractivity contribution in [2.24, 2.45) is 5.73 Å². The highest BCUT2D eigenvalue weighted by atomic mass is 35.5. The molecular weight excluding hydrogens is 219 g/mol. The maximum absolute atomic E-state index is 6.06. The van der Waals surface area contributed by atoms with E-state index < -0.39 is 0 Å². The van der Waals surface area contributed by atoms with Gasteiger partial charge in [0.05, 0.1) is 0 Å². The molecule has 0 aliphatic heterocycles. The van der Waals surface area contributed by atoms with Crippen LogP contribution in [0.3, 0.4) is 0 Å². The summed E-state index contributed by atoms with van der Waals surface area (Å²) < 4.78 is 0. The Bertz CT molecular complexity index is 298. The predicted molar refractivity (Wildman–Crippen MR) is 65.6 cm³/mol. The molecule has 0 aliphatic rings. The number of halogens is 2. The van der Waals surface area contributed by atoms with Gasteiger partial charge in [-0.2, -0.15) is 0 Å². The molecule has 4 heteroatoms. The van der Waals surface area contributed by atoms with Crippen LogP contribution in [0.5, 0.6) is 0 Å². The summed E-state index contributed by atoms with van der Waals surface area (Å²) in [5.74, 6) is 0. The Balaban J connectivity index is 0.00000169. The first-order valence-electron chi connectivity index (χ1n) is 4.24. The first-order chi connectivity index (χ1) is 6.02. The quantitative estimate of drug-likeness (QED) is 0.853. The molecule has 14 heavy (non-hydrogen) atoms. The maximum Gasteiger partial charge on any atom is 0.0474 e. The number of anilines is 1. The lowest BCUT2D eigenvalue weighted by molar-refractivity contribution is 0.818. The van der Waals surface area contributed by atoms with Gasteiger partial charge < -0.3 is 10.6 Å². The molecule has 2 nitrogen and oxygen atoms in total. The van der Waals surface area contributed by atoms with Gasteiger partial charge in [0.2, 0.25) is 0 Å². The average molecular weight is 235 g/mol. The summed E-state index contributed by atoms with van der Waals surface area (Å²) in [4.78, 5) is 2.01. The molecule has 0 radical (unpaired) electrons. The highest BCUT2D eigenvalue weighted by molar-refractivity contribution is 6.31. The molecule has 0 saturated heterocycles. The Morgan fingerprint density at radius 2 is 1.93 bits per heavy atom. The molecule has 1 atom stereocenters. The number of nitrogens with two attached hydrogens (primary N) is 1. The Hall–Kier alpha value is -0.440. The minimum atomic E-state index is -0.0105. The standard InChI is InChI=1S/C10H15ClN2.ClH/c1-7(12)9-5-4-8(13(2)3)6-10(9)11;/h4-7H,12H2,1-3H3;1H/t7-;/m1./s1. The summed E-state index contributed by atoms with van der Waals surface area (Å²) in [6.45, 7) is 1.93. The third-order valence-corrected chi connectivity index (χ3v) is 2.32. The number of benzene rings is 1. The third-order valence-electron chi connectivity index (χ3n) is 1.99. The highest BCUT2D eigenvalue weighted by Gasteiger charge is 2.06. The lowest BCUT2D eigenvalue weighted by Crippen LogP contribution is -2.10. The van der Waals surface area contributed by atoms with Crippen LogP contribution in [0.15, 0.2) is 18.2 Å². The zero-order valence-electron chi connectivity index (χ0n) is 8.62. The van der Waals surface area contributed by atoms with E-state index >= 15 is 0 Å². The molecular formula is C10H16Cl2N2. The van der Waals surface area contributed by atoms with Crippen molar-refractivity contribution >= 4 is 29.7 Å². The fourth-order valence-corrected chi connectivity index (χ4v) is 1.51.